The Kier molecular flexibility index (Phi) is 10.2. The van der Waals surface area contributed by atoms with Crippen LogP contribution in [-0.2, 0) is 12.8 Å². The molecule has 8 nitrogen and oxygen atoms in total. The van der Waals surface area contributed by atoms with Crippen LogP contribution >= 0.6 is 23.2 Å². The van der Waals surface area contributed by atoms with Crippen LogP contribution in [0.2, 0.25) is 10.0 Å². The minimum atomic E-state index is -1.49. The van der Waals surface area contributed by atoms with Gasteiger partial charge >= 0.3 is 17.9 Å². The molecule has 4 aromatic rings. The zero-order chi connectivity index (χ0) is 31.3. The van der Waals surface area contributed by atoms with Crippen LogP contribution in [0.3, 0.4) is 0 Å². The average molecular weight is 625 g/mol. The van der Waals surface area contributed by atoms with E-state index in [-0.39, 0.29) is 45.1 Å². The van der Waals surface area contributed by atoms with Crippen LogP contribution < -0.4 is 0 Å². The summed E-state index contributed by atoms with van der Waals surface area (Å²) in [4.78, 5) is 40.5. The lowest BCUT2D eigenvalue weighted by Gasteiger charge is -2.07. The molecule has 218 valence electrons. The van der Waals surface area contributed by atoms with Crippen LogP contribution in [0.1, 0.15) is 59.2 Å². The monoisotopic (exact) mass is 624 g/mol. The van der Waals surface area contributed by atoms with Crippen molar-refractivity contribution < 1.29 is 47.3 Å². The first-order valence-electron chi connectivity index (χ1n) is 11.6. The Morgan fingerprint density at radius 3 is 1.50 bits per heavy atom. The summed E-state index contributed by atoms with van der Waals surface area (Å²) in [6.45, 7) is 1.57. The number of rotatable bonds is 7. The Labute approximate surface area is 244 Å². The zero-order valence-corrected chi connectivity index (χ0v) is 22.8. The topological polar surface area (TPSA) is 138 Å². The first-order valence-corrected chi connectivity index (χ1v) is 12.3. The molecule has 0 spiro atoms. The van der Waals surface area contributed by atoms with Gasteiger partial charge < -0.3 is 15.3 Å². The van der Waals surface area contributed by atoms with E-state index in [2.05, 4.69) is 9.97 Å². The summed E-state index contributed by atoms with van der Waals surface area (Å²) in [7, 11) is 0. The molecule has 0 saturated heterocycles. The van der Waals surface area contributed by atoms with Gasteiger partial charge in [-0.15, -0.1) is 0 Å². The number of hydrogen-bond acceptors (Lipinski definition) is 5. The maximum absolute atomic E-state index is 13.7. The van der Waals surface area contributed by atoms with Crippen molar-refractivity contribution in [3.05, 3.63) is 127 Å². The van der Waals surface area contributed by atoms with Crippen molar-refractivity contribution in [2.24, 2.45) is 0 Å². The Bertz CT molecular complexity index is 1720. The molecule has 3 N–H and O–H groups in total. The highest BCUT2D eigenvalue weighted by atomic mass is 35.5. The lowest BCUT2D eigenvalue weighted by molar-refractivity contribution is 0.0646. The Hall–Kier alpha value is -4.55. The van der Waals surface area contributed by atoms with Crippen molar-refractivity contribution in [3.63, 3.8) is 0 Å². The van der Waals surface area contributed by atoms with Gasteiger partial charge in [-0.1, -0.05) is 23.2 Å². The quantitative estimate of drug-likeness (QED) is 0.154. The Balaban J connectivity index is 0.000000231. The molecule has 0 unspecified atom stereocenters. The fraction of sp³-hybridized carbons (Fsp3) is 0.107. The van der Waals surface area contributed by atoms with E-state index in [0.29, 0.717) is 23.4 Å². The Morgan fingerprint density at radius 2 is 1.07 bits per heavy atom. The van der Waals surface area contributed by atoms with E-state index in [1.54, 1.807) is 6.92 Å². The van der Waals surface area contributed by atoms with Crippen LogP contribution in [-0.4, -0.2) is 43.2 Å². The molecule has 14 heteroatoms. The number of carbonyl (C=O) groups is 3. The van der Waals surface area contributed by atoms with E-state index in [1.807, 2.05) is 0 Å². The largest absolute Gasteiger partial charge is 0.478 e. The molecule has 42 heavy (non-hydrogen) atoms. The van der Waals surface area contributed by atoms with Gasteiger partial charge in [0.05, 0.1) is 26.9 Å². The SMILES string of the molecule is Cc1ncc(Cc2cc(Cl)c(F)cc2F)cc1C(=O)O.O=C(O)c1cc(Cc2cc(Cl)c(F)cc2F)cnc1C(=O)O. The van der Waals surface area contributed by atoms with Gasteiger partial charge in [0, 0.05) is 37.4 Å². The third-order valence-electron chi connectivity index (χ3n) is 5.72. The number of carboxylic acid groups (broad SMARTS) is 3. The standard InChI is InChI=1S/C14H8ClF2NO4.C14H10ClF2NO2/c15-9-3-7(10(16)4-11(9)17)1-6-2-8(13(19)20)12(14(21)22)18-5-6;1-7-10(14(19)20)3-8(6-18-7)2-9-4-11(15)13(17)5-12(9)16/h2-5H,1H2,(H,19,20)(H,21,22);3-6H,2H2,1H3,(H,19,20). The van der Waals surface area contributed by atoms with Gasteiger partial charge in [-0.25, -0.2) is 36.9 Å². The Morgan fingerprint density at radius 1 is 0.643 bits per heavy atom. The second-order valence-electron chi connectivity index (χ2n) is 8.70. The number of halogens is 6. The number of benzene rings is 2. The number of hydrogen-bond donors (Lipinski definition) is 3. The van der Waals surface area contributed by atoms with Crippen molar-refractivity contribution in [2.45, 2.75) is 19.8 Å². The van der Waals surface area contributed by atoms with Gasteiger partial charge in [0.1, 0.15) is 23.3 Å². The van der Waals surface area contributed by atoms with E-state index in [4.69, 9.17) is 38.5 Å². The summed E-state index contributed by atoms with van der Waals surface area (Å²) in [5, 5.41) is 26.4. The highest BCUT2D eigenvalue weighted by Crippen LogP contribution is 2.24. The van der Waals surface area contributed by atoms with Crippen LogP contribution in [0.5, 0.6) is 0 Å². The number of carboxylic acids is 3. The van der Waals surface area contributed by atoms with Gasteiger partial charge in [0.2, 0.25) is 0 Å². The predicted octanol–water partition coefficient (Wildman–Crippen LogP) is 6.61. The van der Waals surface area contributed by atoms with Crippen molar-refractivity contribution in [2.75, 3.05) is 0 Å². The van der Waals surface area contributed by atoms with Crippen molar-refractivity contribution >= 4 is 41.1 Å². The summed E-state index contributed by atoms with van der Waals surface area (Å²) < 4.78 is 53.4. The summed E-state index contributed by atoms with van der Waals surface area (Å²) in [6.07, 6.45) is 2.55. The average Bonchev–Trinajstić information content (AvgIpc) is 2.91. The zero-order valence-electron chi connectivity index (χ0n) is 21.3. The van der Waals surface area contributed by atoms with Crippen LogP contribution in [0.25, 0.3) is 0 Å². The minimum Gasteiger partial charge on any atom is -0.478 e. The van der Waals surface area contributed by atoms with E-state index < -0.39 is 52.4 Å². The first kappa shape index (κ1) is 32.0. The van der Waals surface area contributed by atoms with E-state index in [9.17, 15) is 31.9 Å². The van der Waals surface area contributed by atoms with Gasteiger partial charge in [-0.3, -0.25) is 4.98 Å². The summed E-state index contributed by atoms with van der Waals surface area (Å²) >= 11 is 11.2. The highest BCUT2D eigenvalue weighted by molar-refractivity contribution is 6.31. The van der Waals surface area contributed by atoms with Crippen molar-refractivity contribution in [3.8, 4) is 0 Å². The van der Waals surface area contributed by atoms with E-state index >= 15 is 0 Å². The molecule has 4 rings (SSSR count). The third-order valence-corrected chi connectivity index (χ3v) is 6.30. The maximum Gasteiger partial charge on any atom is 0.355 e. The lowest BCUT2D eigenvalue weighted by Crippen LogP contribution is -2.11. The van der Waals surface area contributed by atoms with E-state index in [1.165, 1.54) is 18.3 Å². The molecule has 0 saturated carbocycles. The third kappa shape index (κ3) is 7.80. The van der Waals surface area contributed by atoms with Crippen molar-refractivity contribution in [1.29, 1.82) is 0 Å². The maximum atomic E-state index is 13.7. The molecule has 2 heterocycles. The molecular formula is C28H18Cl2F4N2O6. The molecule has 0 aliphatic rings. The highest BCUT2D eigenvalue weighted by Gasteiger charge is 2.19. The number of pyridine rings is 2. The van der Waals surface area contributed by atoms with Gasteiger partial charge in [-0.05, 0) is 53.4 Å². The number of nitrogens with zero attached hydrogens (tertiary/aromatic N) is 2. The summed E-state index contributed by atoms with van der Waals surface area (Å²) in [6, 6.07) is 6.09. The van der Waals surface area contributed by atoms with Crippen molar-refractivity contribution in [1.82, 2.24) is 9.97 Å². The molecular weight excluding hydrogens is 607 g/mol. The normalized spacial score (nSPS) is 10.5. The molecule has 0 fully saturated rings. The smallest absolute Gasteiger partial charge is 0.355 e. The second kappa shape index (κ2) is 13.4. The summed E-state index contributed by atoms with van der Waals surface area (Å²) in [5.74, 6) is -7.38. The molecule has 0 radical (unpaired) electrons. The lowest BCUT2D eigenvalue weighted by atomic mass is 10.0. The van der Waals surface area contributed by atoms with Crippen LogP contribution in [0.4, 0.5) is 17.6 Å². The molecule has 0 aliphatic heterocycles. The fourth-order valence-corrected chi connectivity index (χ4v) is 4.04. The number of aryl methyl sites for hydroxylation is 1. The van der Waals surface area contributed by atoms with Gasteiger partial charge in [0.15, 0.2) is 5.69 Å². The van der Waals surface area contributed by atoms with E-state index in [0.717, 1.165) is 18.3 Å². The number of aromatic nitrogens is 2. The molecule has 2 aromatic carbocycles. The van der Waals surface area contributed by atoms with Gasteiger partial charge in [0.25, 0.3) is 0 Å². The summed E-state index contributed by atoms with van der Waals surface area (Å²) in [5.41, 5.74) is 0.270. The number of aromatic carboxylic acids is 3. The predicted molar refractivity (Wildman–Crippen MR) is 142 cm³/mol. The molecule has 0 atom stereocenters. The fourth-order valence-electron chi connectivity index (χ4n) is 3.67. The minimum absolute atomic E-state index is 0.0348. The van der Waals surface area contributed by atoms with Crippen LogP contribution in [0, 0.1) is 30.2 Å². The molecule has 2 aromatic heterocycles. The first-order chi connectivity index (χ1) is 19.7. The second-order valence-corrected chi connectivity index (χ2v) is 9.52. The van der Waals surface area contributed by atoms with Gasteiger partial charge in [-0.2, -0.15) is 0 Å². The molecule has 0 bridgehead atoms. The molecule has 0 aliphatic carbocycles. The molecule has 0 amide bonds. The van der Waals surface area contributed by atoms with Crippen LogP contribution in [0.15, 0.2) is 48.8 Å².